The SMILES string of the molecule is O=C(Nc1ncnc2c1ncn2C1OC(CO)C(O)C1Cl)c1ccccc1. The van der Waals surface area contributed by atoms with Crippen LogP contribution in [0.15, 0.2) is 43.0 Å². The zero-order valence-electron chi connectivity index (χ0n) is 13.9. The average molecular weight is 390 g/mol. The number of aliphatic hydroxyl groups is 2. The van der Waals surface area contributed by atoms with Crippen molar-refractivity contribution in [1.29, 1.82) is 0 Å². The van der Waals surface area contributed by atoms with Crippen LogP contribution in [-0.2, 0) is 4.74 Å². The van der Waals surface area contributed by atoms with Crippen LogP contribution in [0, 0.1) is 0 Å². The first-order valence-electron chi connectivity index (χ1n) is 8.22. The van der Waals surface area contributed by atoms with Crippen LogP contribution in [0.5, 0.6) is 0 Å². The summed E-state index contributed by atoms with van der Waals surface area (Å²) in [4.78, 5) is 24.9. The van der Waals surface area contributed by atoms with Crippen LogP contribution < -0.4 is 5.32 Å². The van der Waals surface area contributed by atoms with Gasteiger partial charge < -0.3 is 20.3 Å². The third-order valence-electron chi connectivity index (χ3n) is 4.37. The van der Waals surface area contributed by atoms with Crippen LogP contribution in [0.25, 0.3) is 11.2 Å². The molecule has 0 saturated carbocycles. The number of hydrogen-bond acceptors (Lipinski definition) is 7. The summed E-state index contributed by atoms with van der Waals surface area (Å²) in [6.45, 7) is -0.360. The lowest BCUT2D eigenvalue weighted by Gasteiger charge is -2.16. The van der Waals surface area contributed by atoms with Crippen molar-refractivity contribution in [2.75, 3.05) is 11.9 Å². The standard InChI is InChI=1S/C17H16ClN5O4/c18-11-13(25)10(6-24)27-17(11)23-8-21-12-14(19-7-20-15(12)23)22-16(26)9-4-2-1-3-5-9/h1-5,7-8,10-11,13,17,24-25H,6H2,(H,19,20,22,26). The number of hydrogen-bond donors (Lipinski definition) is 3. The number of rotatable bonds is 4. The van der Waals surface area contributed by atoms with Crippen LogP contribution in [0.2, 0.25) is 0 Å². The minimum absolute atomic E-state index is 0.246. The van der Waals surface area contributed by atoms with Crippen molar-refractivity contribution < 1.29 is 19.7 Å². The molecule has 10 heteroatoms. The second kappa shape index (κ2) is 7.20. The fraction of sp³-hybridized carbons (Fsp3) is 0.294. The molecule has 3 N–H and O–H groups in total. The van der Waals surface area contributed by atoms with E-state index in [9.17, 15) is 15.0 Å². The number of benzene rings is 1. The van der Waals surface area contributed by atoms with Gasteiger partial charge in [-0.1, -0.05) is 18.2 Å². The number of fused-ring (bicyclic) bond motifs is 1. The van der Waals surface area contributed by atoms with E-state index in [1.165, 1.54) is 12.7 Å². The second-order valence-electron chi connectivity index (χ2n) is 6.05. The fourth-order valence-corrected chi connectivity index (χ4v) is 3.32. The van der Waals surface area contributed by atoms with Gasteiger partial charge in [0.15, 0.2) is 23.2 Å². The Morgan fingerprint density at radius 2 is 2.04 bits per heavy atom. The van der Waals surface area contributed by atoms with E-state index in [0.29, 0.717) is 16.7 Å². The third-order valence-corrected chi connectivity index (χ3v) is 4.85. The highest BCUT2D eigenvalue weighted by Gasteiger charge is 2.44. The van der Waals surface area contributed by atoms with Crippen molar-refractivity contribution >= 4 is 34.5 Å². The van der Waals surface area contributed by atoms with Crippen molar-refractivity contribution in [1.82, 2.24) is 19.5 Å². The number of carbonyl (C=O) groups excluding carboxylic acids is 1. The average Bonchev–Trinajstić information content (AvgIpc) is 3.25. The minimum Gasteiger partial charge on any atom is -0.394 e. The summed E-state index contributed by atoms with van der Waals surface area (Å²) in [5.41, 5.74) is 1.23. The van der Waals surface area contributed by atoms with Gasteiger partial charge in [0.2, 0.25) is 0 Å². The molecule has 4 unspecified atom stereocenters. The first-order chi connectivity index (χ1) is 13.1. The number of anilines is 1. The van der Waals surface area contributed by atoms with E-state index in [1.807, 2.05) is 6.07 Å². The van der Waals surface area contributed by atoms with Gasteiger partial charge in [0, 0.05) is 5.56 Å². The Morgan fingerprint density at radius 1 is 1.26 bits per heavy atom. The number of aliphatic hydroxyl groups excluding tert-OH is 2. The number of ether oxygens (including phenoxy) is 1. The summed E-state index contributed by atoms with van der Waals surface area (Å²) in [6.07, 6.45) is 0.146. The van der Waals surface area contributed by atoms with Gasteiger partial charge in [0.05, 0.1) is 12.9 Å². The molecule has 0 aliphatic carbocycles. The number of nitrogens with zero attached hydrogens (tertiary/aromatic N) is 4. The van der Waals surface area contributed by atoms with Gasteiger partial charge >= 0.3 is 0 Å². The summed E-state index contributed by atoms with van der Waals surface area (Å²) in [5, 5.41) is 21.3. The van der Waals surface area contributed by atoms with Crippen LogP contribution in [-0.4, -0.2) is 59.8 Å². The summed E-state index contributed by atoms with van der Waals surface area (Å²) >= 11 is 6.25. The van der Waals surface area contributed by atoms with E-state index in [1.54, 1.807) is 28.8 Å². The molecule has 27 heavy (non-hydrogen) atoms. The van der Waals surface area contributed by atoms with Gasteiger partial charge in [-0.25, -0.2) is 15.0 Å². The Morgan fingerprint density at radius 3 is 2.74 bits per heavy atom. The van der Waals surface area contributed by atoms with Gasteiger partial charge in [0.25, 0.3) is 5.91 Å². The molecule has 3 aromatic rings. The number of amides is 1. The van der Waals surface area contributed by atoms with E-state index in [4.69, 9.17) is 16.3 Å². The first kappa shape index (κ1) is 17.8. The second-order valence-corrected chi connectivity index (χ2v) is 6.55. The van der Waals surface area contributed by atoms with Crippen LogP contribution in [0.1, 0.15) is 16.6 Å². The van der Waals surface area contributed by atoms with Gasteiger partial charge in [0.1, 0.15) is 23.9 Å². The third kappa shape index (κ3) is 3.15. The number of alkyl halides is 1. The summed E-state index contributed by atoms with van der Waals surface area (Å²) in [5.74, 6) is -0.0794. The molecule has 1 fully saturated rings. The molecule has 0 bridgehead atoms. The van der Waals surface area contributed by atoms with Gasteiger partial charge in [-0.15, -0.1) is 11.6 Å². The Labute approximate surface area is 158 Å². The molecule has 2 aromatic heterocycles. The fourth-order valence-electron chi connectivity index (χ4n) is 2.98. The van der Waals surface area contributed by atoms with Gasteiger partial charge in [-0.2, -0.15) is 0 Å². The zero-order valence-corrected chi connectivity index (χ0v) is 14.7. The molecule has 4 rings (SSSR count). The van der Waals surface area contributed by atoms with E-state index >= 15 is 0 Å². The maximum absolute atomic E-state index is 12.4. The lowest BCUT2D eigenvalue weighted by Crippen LogP contribution is -2.29. The molecule has 140 valence electrons. The van der Waals surface area contributed by atoms with Gasteiger partial charge in [-0.3, -0.25) is 9.36 Å². The molecule has 0 spiro atoms. The Balaban J connectivity index is 1.65. The number of nitrogens with one attached hydrogen (secondary N) is 1. The molecule has 1 aliphatic rings. The maximum atomic E-state index is 12.4. The monoisotopic (exact) mass is 389 g/mol. The highest BCUT2D eigenvalue weighted by molar-refractivity contribution is 6.21. The molecule has 1 aliphatic heterocycles. The lowest BCUT2D eigenvalue weighted by atomic mass is 10.2. The van der Waals surface area contributed by atoms with Crippen molar-refractivity contribution in [3.8, 4) is 0 Å². The van der Waals surface area contributed by atoms with Gasteiger partial charge in [-0.05, 0) is 12.1 Å². The quantitative estimate of drug-likeness (QED) is 0.567. The van der Waals surface area contributed by atoms with Crippen molar-refractivity contribution in [2.24, 2.45) is 0 Å². The lowest BCUT2D eigenvalue weighted by molar-refractivity contribution is -0.0431. The normalized spacial score (nSPS) is 25.0. The Hall–Kier alpha value is -2.59. The molecule has 3 heterocycles. The smallest absolute Gasteiger partial charge is 0.256 e. The van der Waals surface area contributed by atoms with Crippen LogP contribution in [0.3, 0.4) is 0 Å². The summed E-state index contributed by atoms with van der Waals surface area (Å²) in [7, 11) is 0. The van der Waals surface area contributed by atoms with E-state index in [0.717, 1.165) is 0 Å². The highest BCUT2D eigenvalue weighted by atomic mass is 35.5. The molecule has 1 amide bonds. The molecule has 1 saturated heterocycles. The molecule has 1 aromatic carbocycles. The van der Waals surface area contributed by atoms with E-state index in [-0.39, 0.29) is 18.3 Å². The summed E-state index contributed by atoms with van der Waals surface area (Å²) < 4.78 is 7.17. The number of halogens is 1. The largest absolute Gasteiger partial charge is 0.394 e. The van der Waals surface area contributed by atoms with Crippen molar-refractivity contribution in [3.63, 3.8) is 0 Å². The van der Waals surface area contributed by atoms with Crippen LogP contribution in [0.4, 0.5) is 5.82 Å². The molecule has 4 atom stereocenters. The Kier molecular flexibility index (Phi) is 4.75. The Bertz CT molecular complexity index is 966. The molecule has 0 radical (unpaired) electrons. The molecule has 9 nitrogen and oxygen atoms in total. The zero-order chi connectivity index (χ0) is 19.0. The van der Waals surface area contributed by atoms with E-state index < -0.39 is 23.8 Å². The van der Waals surface area contributed by atoms with Crippen molar-refractivity contribution in [3.05, 3.63) is 48.5 Å². The number of carbonyl (C=O) groups is 1. The predicted molar refractivity (Wildman–Crippen MR) is 96.4 cm³/mol. The molecular formula is C17H16ClN5O4. The maximum Gasteiger partial charge on any atom is 0.256 e. The number of imidazole rings is 1. The predicted octanol–water partition coefficient (Wildman–Crippen LogP) is 0.937. The minimum atomic E-state index is -1.03. The highest BCUT2D eigenvalue weighted by Crippen LogP contribution is 2.35. The first-order valence-corrected chi connectivity index (χ1v) is 8.66. The van der Waals surface area contributed by atoms with E-state index in [2.05, 4.69) is 20.3 Å². The topological polar surface area (TPSA) is 122 Å². The molecular weight excluding hydrogens is 374 g/mol. The number of aromatic nitrogens is 4. The summed E-state index contributed by atoms with van der Waals surface area (Å²) in [6, 6.07) is 8.72. The van der Waals surface area contributed by atoms with Crippen LogP contribution >= 0.6 is 11.6 Å². The van der Waals surface area contributed by atoms with Crippen molar-refractivity contribution in [2.45, 2.75) is 23.8 Å².